The highest BCUT2D eigenvalue weighted by molar-refractivity contribution is 6.36. The Morgan fingerprint density at radius 2 is 1.93 bits per heavy atom. The Kier molecular flexibility index (Phi) is 3.82. The molecular weight excluding hydrogens is 367 g/mol. The first-order chi connectivity index (χ1) is 13.1. The smallest absolute Gasteiger partial charge is 0.231 e. The third kappa shape index (κ3) is 3.14. The number of benzene rings is 1. The maximum atomic E-state index is 13.1. The zero-order valence-corrected chi connectivity index (χ0v) is 15.1. The molecule has 3 aromatic rings. The van der Waals surface area contributed by atoms with E-state index in [0.717, 1.165) is 34.7 Å². The number of hydrogen-bond acceptors (Lipinski definition) is 4. The van der Waals surface area contributed by atoms with Crippen LogP contribution >= 0.6 is 11.6 Å². The molecule has 0 aliphatic heterocycles. The SMILES string of the molecule is O=C(Nc1cc2cc(-c3cnncc3C3CC3)cc(Cl)c2cn1)[C@@H]1C[C@@H]1F. The first-order valence-corrected chi connectivity index (χ1v) is 9.33. The fraction of sp³-hybridized carbons (Fsp3) is 0.300. The van der Waals surface area contributed by atoms with E-state index in [9.17, 15) is 9.18 Å². The molecule has 2 fully saturated rings. The van der Waals surface area contributed by atoms with E-state index >= 15 is 0 Å². The van der Waals surface area contributed by atoms with Crippen LogP contribution in [0.4, 0.5) is 10.2 Å². The Morgan fingerprint density at radius 3 is 2.67 bits per heavy atom. The lowest BCUT2D eigenvalue weighted by molar-refractivity contribution is -0.117. The van der Waals surface area contributed by atoms with Crippen molar-refractivity contribution in [3.63, 3.8) is 0 Å². The molecule has 0 unspecified atom stereocenters. The van der Waals surface area contributed by atoms with Gasteiger partial charge in [0.25, 0.3) is 0 Å². The summed E-state index contributed by atoms with van der Waals surface area (Å²) >= 11 is 6.48. The van der Waals surface area contributed by atoms with E-state index in [1.54, 1.807) is 18.5 Å². The quantitative estimate of drug-likeness (QED) is 0.720. The van der Waals surface area contributed by atoms with Crippen LogP contribution in [-0.4, -0.2) is 27.3 Å². The number of aromatic nitrogens is 3. The lowest BCUT2D eigenvalue weighted by Gasteiger charge is -2.11. The number of nitrogens with zero attached hydrogens (tertiary/aromatic N) is 3. The monoisotopic (exact) mass is 382 g/mol. The molecule has 136 valence electrons. The Hall–Kier alpha value is -2.60. The largest absolute Gasteiger partial charge is 0.310 e. The highest BCUT2D eigenvalue weighted by Crippen LogP contribution is 2.44. The van der Waals surface area contributed by atoms with E-state index in [4.69, 9.17) is 11.6 Å². The van der Waals surface area contributed by atoms with Crippen molar-refractivity contribution in [2.75, 3.05) is 5.32 Å². The van der Waals surface area contributed by atoms with Gasteiger partial charge in [-0.15, -0.1) is 0 Å². The highest BCUT2D eigenvalue weighted by Gasteiger charge is 2.43. The molecule has 2 saturated carbocycles. The molecule has 2 aromatic heterocycles. The van der Waals surface area contributed by atoms with Crippen molar-refractivity contribution in [3.05, 3.63) is 47.4 Å². The number of alkyl halides is 1. The summed E-state index contributed by atoms with van der Waals surface area (Å²) in [6.07, 6.45) is 6.80. The van der Waals surface area contributed by atoms with Crippen LogP contribution in [0.25, 0.3) is 21.9 Å². The summed E-state index contributed by atoms with van der Waals surface area (Å²) in [7, 11) is 0. The summed E-state index contributed by atoms with van der Waals surface area (Å²) in [5.41, 5.74) is 3.17. The first kappa shape index (κ1) is 16.6. The minimum atomic E-state index is -1.04. The van der Waals surface area contributed by atoms with Crippen molar-refractivity contribution in [3.8, 4) is 11.1 Å². The van der Waals surface area contributed by atoms with Gasteiger partial charge in [-0.05, 0) is 59.9 Å². The molecule has 1 amide bonds. The third-order valence-corrected chi connectivity index (χ3v) is 5.49. The Labute approximate surface area is 160 Å². The average Bonchev–Trinajstić information content (AvgIpc) is 3.57. The van der Waals surface area contributed by atoms with E-state index in [2.05, 4.69) is 20.5 Å². The molecule has 0 bridgehead atoms. The van der Waals surface area contributed by atoms with Gasteiger partial charge in [-0.1, -0.05) is 11.6 Å². The topological polar surface area (TPSA) is 67.8 Å². The number of carbonyl (C=O) groups is 1. The highest BCUT2D eigenvalue weighted by atomic mass is 35.5. The van der Waals surface area contributed by atoms with Crippen LogP contribution in [0.3, 0.4) is 0 Å². The fourth-order valence-electron chi connectivity index (χ4n) is 3.38. The summed E-state index contributed by atoms with van der Waals surface area (Å²) < 4.78 is 13.1. The van der Waals surface area contributed by atoms with Gasteiger partial charge >= 0.3 is 0 Å². The summed E-state index contributed by atoms with van der Waals surface area (Å²) in [5, 5.41) is 13.0. The van der Waals surface area contributed by atoms with Gasteiger partial charge in [0.05, 0.1) is 23.3 Å². The molecule has 2 heterocycles. The van der Waals surface area contributed by atoms with Gasteiger partial charge in [-0.25, -0.2) is 9.37 Å². The normalized spacial score (nSPS) is 21.3. The standard InChI is InChI=1S/C20H16ClFN4O/c21-17-4-11(15-9-25-24-8-14(15)10-1-2-10)3-12-5-19(23-7-16(12)17)26-20(27)13-6-18(13)22/h3-5,7-10,13,18H,1-2,6H2,(H,23,26,27)/t13-,18+/m1/s1. The molecule has 0 spiro atoms. The van der Waals surface area contributed by atoms with E-state index < -0.39 is 12.1 Å². The van der Waals surface area contributed by atoms with Crippen LogP contribution in [-0.2, 0) is 4.79 Å². The molecular formula is C20H16ClFN4O. The van der Waals surface area contributed by atoms with Crippen molar-refractivity contribution < 1.29 is 9.18 Å². The predicted octanol–water partition coefficient (Wildman–Crippen LogP) is 4.52. The first-order valence-electron chi connectivity index (χ1n) is 8.95. The van der Waals surface area contributed by atoms with E-state index in [0.29, 0.717) is 16.8 Å². The molecule has 2 atom stereocenters. The molecule has 5 nitrogen and oxygen atoms in total. The lowest BCUT2D eigenvalue weighted by Crippen LogP contribution is -2.15. The molecule has 0 radical (unpaired) electrons. The van der Waals surface area contributed by atoms with Crippen molar-refractivity contribution in [2.24, 2.45) is 5.92 Å². The second-order valence-corrected chi connectivity index (χ2v) is 7.64. The number of carbonyl (C=O) groups excluding carboxylic acids is 1. The molecule has 1 N–H and O–H groups in total. The van der Waals surface area contributed by atoms with Crippen molar-refractivity contribution in [1.82, 2.24) is 15.2 Å². The van der Waals surface area contributed by atoms with Crippen LogP contribution in [0, 0.1) is 5.92 Å². The van der Waals surface area contributed by atoms with Crippen LogP contribution in [0.2, 0.25) is 5.02 Å². The van der Waals surface area contributed by atoms with Crippen molar-refractivity contribution in [1.29, 1.82) is 0 Å². The summed E-state index contributed by atoms with van der Waals surface area (Å²) in [6.45, 7) is 0. The summed E-state index contributed by atoms with van der Waals surface area (Å²) in [6, 6.07) is 5.69. The van der Waals surface area contributed by atoms with E-state index in [1.165, 1.54) is 5.56 Å². The molecule has 0 saturated heterocycles. The maximum Gasteiger partial charge on any atom is 0.231 e. The van der Waals surface area contributed by atoms with E-state index in [-0.39, 0.29) is 12.3 Å². The Bertz CT molecular complexity index is 1070. The molecule has 2 aliphatic rings. The predicted molar refractivity (Wildman–Crippen MR) is 101 cm³/mol. The van der Waals surface area contributed by atoms with Gasteiger partial charge in [0.15, 0.2) is 0 Å². The number of rotatable bonds is 4. The third-order valence-electron chi connectivity index (χ3n) is 5.18. The fourth-order valence-corrected chi connectivity index (χ4v) is 3.66. The number of halogens is 2. The van der Waals surface area contributed by atoms with Gasteiger partial charge in [0.1, 0.15) is 12.0 Å². The second kappa shape index (κ2) is 6.23. The number of hydrogen-bond donors (Lipinski definition) is 1. The van der Waals surface area contributed by atoms with Gasteiger partial charge in [0, 0.05) is 17.1 Å². The van der Waals surface area contributed by atoms with Gasteiger partial charge in [-0.3, -0.25) is 4.79 Å². The van der Waals surface area contributed by atoms with Crippen molar-refractivity contribution in [2.45, 2.75) is 31.4 Å². The molecule has 5 rings (SSSR count). The number of amides is 1. The zero-order valence-electron chi connectivity index (χ0n) is 14.3. The maximum absolute atomic E-state index is 13.1. The lowest BCUT2D eigenvalue weighted by atomic mass is 9.98. The zero-order chi connectivity index (χ0) is 18.5. The van der Waals surface area contributed by atoms with E-state index in [1.807, 2.05) is 18.3 Å². The van der Waals surface area contributed by atoms with Crippen LogP contribution in [0.1, 0.15) is 30.7 Å². The number of fused-ring (bicyclic) bond motifs is 1. The second-order valence-electron chi connectivity index (χ2n) is 7.23. The van der Waals surface area contributed by atoms with Crippen molar-refractivity contribution >= 4 is 34.1 Å². The molecule has 27 heavy (non-hydrogen) atoms. The number of pyridine rings is 1. The number of nitrogens with one attached hydrogen (secondary N) is 1. The average molecular weight is 383 g/mol. The number of anilines is 1. The minimum Gasteiger partial charge on any atom is -0.310 e. The van der Waals surface area contributed by atoms with Crippen LogP contribution < -0.4 is 5.32 Å². The molecule has 2 aliphatic carbocycles. The van der Waals surface area contributed by atoms with Gasteiger partial charge in [0.2, 0.25) is 5.91 Å². The minimum absolute atomic E-state index is 0.286. The molecule has 1 aromatic carbocycles. The summed E-state index contributed by atoms with van der Waals surface area (Å²) in [5.74, 6) is 0.0481. The molecule has 7 heteroatoms. The Balaban J connectivity index is 1.54. The summed E-state index contributed by atoms with van der Waals surface area (Å²) in [4.78, 5) is 16.2. The van der Waals surface area contributed by atoms with Crippen LogP contribution in [0.15, 0.2) is 36.8 Å². The van der Waals surface area contributed by atoms with Crippen LogP contribution in [0.5, 0.6) is 0 Å². The van der Waals surface area contributed by atoms with Gasteiger partial charge < -0.3 is 5.32 Å². The van der Waals surface area contributed by atoms with Gasteiger partial charge in [-0.2, -0.15) is 10.2 Å². The Morgan fingerprint density at radius 1 is 1.15 bits per heavy atom.